The molecule has 1 aromatic heterocycles. The molecule has 1 heterocycles. The van der Waals surface area contributed by atoms with Crippen molar-refractivity contribution in [2.24, 2.45) is 0 Å². The molecule has 1 saturated carbocycles. The molecule has 0 saturated heterocycles. The molecule has 2 N–H and O–H groups in total. The first-order valence-electron chi connectivity index (χ1n) is 5.06. The predicted molar refractivity (Wildman–Crippen MR) is 52.4 cm³/mol. The average molecular weight is 210 g/mol. The molecule has 0 radical (unpaired) electrons. The topological polar surface area (TPSA) is 75.4 Å². The van der Waals surface area contributed by atoms with Gasteiger partial charge < -0.3 is 14.9 Å². The van der Waals surface area contributed by atoms with Crippen molar-refractivity contribution < 1.29 is 14.4 Å². The molecule has 2 rings (SSSR count). The molecular weight excluding hydrogens is 196 g/mol. The highest BCUT2D eigenvalue weighted by Gasteiger charge is 2.28. The summed E-state index contributed by atoms with van der Waals surface area (Å²) in [5.41, 5.74) is 0.682. The zero-order valence-corrected chi connectivity index (χ0v) is 8.56. The van der Waals surface area contributed by atoms with E-state index in [9.17, 15) is 4.79 Å². The van der Waals surface area contributed by atoms with Crippen LogP contribution >= 0.6 is 0 Å². The highest BCUT2D eigenvalue weighted by Crippen LogP contribution is 2.25. The highest BCUT2D eigenvalue weighted by atomic mass is 16.5. The van der Waals surface area contributed by atoms with Gasteiger partial charge in [0.15, 0.2) is 0 Å². The van der Waals surface area contributed by atoms with Crippen molar-refractivity contribution in [1.29, 1.82) is 0 Å². The van der Waals surface area contributed by atoms with E-state index in [1.807, 2.05) is 0 Å². The van der Waals surface area contributed by atoms with Crippen LogP contribution in [0.2, 0.25) is 0 Å². The van der Waals surface area contributed by atoms with E-state index in [0.29, 0.717) is 17.5 Å². The summed E-state index contributed by atoms with van der Waals surface area (Å²) in [5.74, 6) is -0.119. The molecular formula is C10H14N2O3. The number of nitrogens with zero attached hydrogens (tertiary/aromatic N) is 1. The Kier molecular flexibility index (Phi) is 2.73. The van der Waals surface area contributed by atoms with Gasteiger partial charge in [0.05, 0.1) is 12.5 Å². The summed E-state index contributed by atoms with van der Waals surface area (Å²) in [7, 11) is 0. The van der Waals surface area contributed by atoms with E-state index in [2.05, 4.69) is 10.5 Å². The maximum absolute atomic E-state index is 10.7. The maximum atomic E-state index is 10.7. The Morgan fingerprint density at radius 2 is 2.53 bits per heavy atom. The van der Waals surface area contributed by atoms with E-state index in [1.165, 1.54) is 0 Å². The zero-order valence-electron chi connectivity index (χ0n) is 8.56. The third-order valence-corrected chi connectivity index (χ3v) is 2.40. The van der Waals surface area contributed by atoms with Crippen LogP contribution in [0.25, 0.3) is 0 Å². The minimum atomic E-state index is -0.825. The SMILES string of the molecule is Cc1cc(C(CC(=O)O)NC2CC2)no1. The van der Waals surface area contributed by atoms with Gasteiger partial charge in [-0.1, -0.05) is 5.16 Å². The smallest absolute Gasteiger partial charge is 0.305 e. The molecule has 82 valence electrons. The van der Waals surface area contributed by atoms with E-state index < -0.39 is 5.97 Å². The van der Waals surface area contributed by atoms with Crippen LogP contribution < -0.4 is 5.32 Å². The van der Waals surface area contributed by atoms with Crippen molar-refractivity contribution in [1.82, 2.24) is 10.5 Å². The van der Waals surface area contributed by atoms with Crippen molar-refractivity contribution in [2.75, 3.05) is 0 Å². The largest absolute Gasteiger partial charge is 0.481 e. The van der Waals surface area contributed by atoms with Crippen LogP contribution in [0.15, 0.2) is 10.6 Å². The number of aryl methyl sites for hydroxylation is 1. The second-order valence-corrected chi connectivity index (χ2v) is 3.95. The average Bonchev–Trinajstić information content (AvgIpc) is 2.85. The van der Waals surface area contributed by atoms with Crippen LogP contribution in [0.3, 0.4) is 0 Å². The lowest BCUT2D eigenvalue weighted by molar-refractivity contribution is -0.137. The number of aromatic nitrogens is 1. The number of rotatable bonds is 5. The van der Waals surface area contributed by atoms with Gasteiger partial charge in [-0.2, -0.15) is 0 Å². The first kappa shape index (κ1) is 10.2. The predicted octanol–water partition coefficient (Wildman–Crippen LogP) is 1.25. The molecule has 0 bridgehead atoms. The van der Waals surface area contributed by atoms with Crippen LogP contribution in [-0.4, -0.2) is 22.3 Å². The molecule has 0 amide bonds. The molecule has 15 heavy (non-hydrogen) atoms. The Labute approximate surface area is 87.5 Å². The first-order chi connectivity index (χ1) is 7.15. The van der Waals surface area contributed by atoms with Crippen LogP contribution in [0.1, 0.15) is 36.8 Å². The number of hydrogen-bond acceptors (Lipinski definition) is 4. The fourth-order valence-corrected chi connectivity index (χ4v) is 1.51. The molecule has 1 aliphatic rings. The van der Waals surface area contributed by atoms with E-state index in [1.54, 1.807) is 13.0 Å². The number of nitrogens with one attached hydrogen (secondary N) is 1. The van der Waals surface area contributed by atoms with E-state index in [0.717, 1.165) is 12.8 Å². The van der Waals surface area contributed by atoms with Gasteiger partial charge in [0.2, 0.25) is 0 Å². The molecule has 0 aliphatic heterocycles. The van der Waals surface area contributed by atoms with Gasteiger partial charge in [0, 0.05) is 12.1 Å². The van der Waals surface area contributed by atoms with Crippen molar-refractivity contribution in [3.05, 3.63) is 17.5 Å². The minimum Gasteiger partial charge on any atom is -0.481 e. The third-order valence-electron chi connectivity index (χ3n) is 2.40. The maximum Gasteiger partial charge on any atom is 0.305 e. The number of carboxylic acids is 1. The lowest BCUT2D eigenvalue weighted by Crippen LogP contribution is -2.26. The number of hydrogen-bond donors (Lipinski definition) is 2. The van der Waals surface area contributed by atoms with Gasteiger partial charge in [0.25, 0.3) is 0 Å². The van der Waals surface area contributed by atoms with Gasteiger partial charge in [-0.05, 0) is 19.8 Å². The van der Waals surface area contributed by atoms with E-state index >= 15 is 0 Å². The van der Waals surface area contributed by atoms with Crippen molar-refractivity contribution in [3.63, 3.8) is 0 Å². The van der Waals surface area contributed by atoms with Crippen molar-refractivity contribution >= 4 is 5.97 Å². The Hall–Kier alpha value is -1.36. The second kappa shape index (κ2) is 4.02. The summed E-state index contributed by atoms with van der Waals surface area (Å²) >= 11 is 0. The molecule has 1 unspecified atom stereocenters. The fraction of sp³-hybridized carbons (Fsp3) is 0.600. The summed E-state index contributed by atoms with van der Waals surface area (Å²) in [6.45, 7) is 1.80. The van der Waals surface area contributed by atoms with Gasteiger partial charge >= 0.3 is 5.97 Å². The van der Waals surface area contributed by atoms with Crippen LogP contribution in [-0.2, 0) is 4.79 Å². The van der Waals surface area contributed by atoms with Gasteiger partial charge in [-0.15, -0.1) is 0 Å². The molecule has 1 fully saturated rings. The Bertz CT molecular complexity index is 357. The lowest BCUT2D eigenvalue weighted by Gasteiger charge is -2.12. The summed E-state index contributed by atoms with van der Waals surface area (Å²) in [6, 6.07) is 2.00. The number of carboxylic acid groups (broad SMARTS) is 1. The van der Waals surface area contributed by atoms with Gasteiger partial charge in [0.1, 0.15) is 11.5 Å². The molecule has 1 aromatic rings. The highest BCUT2D eigenvalue weighted by molar-refractivity contribution is 5.67. The van der Waals surface area contributed by atoms with Crippen LogP contribution in [0.5, 0.6) is 0 Å². The summed E-state index contributed by atoms with van der Waals surface area (Å²) in [5, 5.41) is 15.9. The van der Waals surface area contributed by atoms with E-state index in [-0.39, 0.29) is 12.5 Å². The van der Waals surface area contributed by atoms with Crippen LogP contribution in [0.4, 0.5) is 0 Å². The minimum absolute atomic E-state index is 0.0441. The summed E-state index contributed by atoms with van der Waals surface area (Å²) < 4.78 is 4.95. The van der Waals surface area contributed by atoms with Crippen molar-refractivity contribution in [3.8, 4) is 0 Å². The number of carbonyl (C=O) groups is 1. The Balaban J connectivity index is 2.05. The quantitative estimate of drug-likeness (QED) is 0.765. The molecule has 5 nitrogen and oxygen atoms in total. The molecule has 1 atom stereocenters. The second-order valence-electron chi connectivity index (χ2n) is 3.95. The number of aliphatic carboxylic acids is 1. The van der Waals surface area contributed by atoms with Gasteiger partial charge in [-0.25, -0.2) is 0 Å². The monoisotopic (exact) mass is 210 g/mol. The molecule has 1 aliphatic carbocycles. The zero-order chi connectivity index (χ0) is 10.8. The summed E-state index contributed by atoms with van der Waals surface area (Å²) in [4.78, 5) is 10.7. The van der Waals surface area contributed by atoms with Crippen LogP contribution in [0, 0.1) is 6.92 Å². The lowest BCUT2D eigenvalue weighted by atomic mass is 10.1. The fourth-order valence-electron chi connectivity index (χ4n) is 1.51. The van der Waals surface area contributed by atoms with Gasteiger partial charge in [-0.3, -0.25) is 4.79 Å². The summed E-state index contributed by atoms with van der Waals surface area (Å²) in [6.07, 6.45) is 2.28. The third kappa shape index (κ3) is 2.79. The normalized spacial score (nSPS) is 17.7. The first-order valence-corrected chi connectivity index (χ1v) is 5.06. The Morgan fingerprint density at radius 1 is 1.80 bits per heavy atom. The molecule has 0 spiro atoms. The van der Waals surface area contributed by atoms with Crippen molar-refractivity contribution in [2.45, 2.75) is 38.3 Å². The molecule has 5 heteroatoms. The van der Waals surface area contributed by atoms with E-state index in [4.69, 9.17) is 9.63 Å². The Morgan fingerprint density at radius 3 is 3.00 bits per heavy atom. The standard InChI is InChI=1S/C10H14N2O3/c1-6-4-9(12-15-6)8(5-10(13)14)11-7-2-3-7/h4,7-8,11H,2-3,5H2,1H3,(H,13,14). The molecule has 0 aromatic carbocycles.